The molecule has 0 rings (SSSR count). The molecule has 0 bridgehead atoms. The largest absolute Gasteiger partial charge is 0.271 e. The van der Waals surface area contributed by atoms with Crippen molar-refractivity contribution in [3.63, 3.8) is 0 Å². The normalized spacial score (nSPS) is 14.0. The number of hydrogen-bond acceptors (Lipinski definition) is 3. The monoisotopic (exact) mass is 202 g/mol. The lowest BCUT2D eigenvalue weighted by Crippen LogP contribution is -2.22. The maximum absolute atomic E-state index is 11.5. The van der Waals surface area contributed by atoms with Crippen molar-refractivity contribution in [2.24, 2.45) is 4.99 Å². The second kappa shape index (κ2) is 4.94. The molecule has 0 fully saturated rings. The van der Waals surface area contributed by atoms with Crippen LogP contribution in [0.15, 0.2) is 28.2 Å². The molecule has 0 heterocycles. The van der Waals surface area contributed by atoms with Gasteiger partial charge in [0, 0.05) is 20.3 Å². The first-order valence-corrected chi connectivity index (χ1v) is 5.12. The van der Waals surface area contributed by atoms with Crippen LogP contribution in [0.1, 0.15) is 6.92 Å². The lowest BCUT2D eigenvalue weighted by Gasteiger charge is -2.10. The summed E-state index contributed by atoms with van der Waals surface area (Å²) in [6, 6.07) is 0. The molecular formula is C8H14N2O2S. The number of rotatable bonds is 4. The lowest BCUT2D eigenvalue weighted by molar-refractivity contribution is 0.529. The van der Waals surface area contributed by atoms with Crippen molar-refractivity contribution in [2.75, 3.05) is 14.1 Å². The van der Waals surface area contributed by atoms with E-state index in [1.54, 1.807) is 13.0 Å². The van der Waals surface area contributed by atoms with E-state index in [0.717, 1.165) is 4.31 Å². The zero-order valence-electron chi connectivity index (χ0n) is 8.06. The average molecular weight is 202 g/mol. The Labute approximate surface area is 79.3 Å². The molecule has 0 aliphatic heterocycles. The smallest absolute Gasteiger partial charge is 0.244 e. The van der Waals surface area contributed by atoms with Crippen molar-refractivity contribution >= 4 is 16.7 Å². The van der Waals surface area contributed by atoms with Crippen molar-refractivity contribution in [3.05, 3.63) is 23.3 Å². The van der Waals surface area contributed by atoms with Crippen molar-refractivity contribution in [3.8, 4) is 0 Å². The molecule has 0 aliphatic rings. The number of aliphatic imine (C=N–C) groups is 1. The molecule has 74 valence electrons. The standard InChI is InChI=1S/C8H14N2O2S/c1-5-6-8(7-9-2)13(11,12)10(3)4/h5-7H,2H2,1,3-4H3/b6-5-,8-7+. The van der Waals surface area contributed by atoms with Crippen LogP contribution in [0.2, 0.25) is 0 Å². The maximum atomic E-state index is 11.5. The van der Waals surface area contributed by atoms with Crippen molar-refractivity contribution < 1.29 is 8.42 Å². The van der Waals surface area contributed by atoms with Gasteiger partial charge in [0.25, 0.3) is 0 Å². The molecule has 0 spiro atoms. The van der Waals surface area contributed by atoms with Gasteiger partial charge in [-0.3, -0.25) is 4.99 Å². The second-order valence-corrected chi connectivity index (χ2v) is 4.65. The van der Waals surface area contributed by atoms with Gasteiger partial charge in [-0.15, -0.1) is 0 Å². The van der Waals surface area contributed by atoms with Crippen LogP contribution in [-0.4, -0.2) is 33.5 Å². The molecule has 0 unspecified atom stereocenters. The van der Waals surface area contributed by atoms with Crippen LogP contribution in [0.3, 0.4) is 0 Å². The fourth-order valence-corrected chi connectivity index (χ4v) is 1.60. The molecule has 0 N–H and O–H groups in total. The van der Waals surface area contributed by atoms with Gasteiger partial charge < -0.3 is 0 Å². The molecule has 13 heavy (non-hydrogen) atoms. The molecule has 5 heteroatoms. The summed E-state index contributed by atoms with van der Waals surface area (Å²) < 4.78 is 24.2. The minimum atomic E-state index is -3.39. The molecule has 0 aromatic rings. The molecule has 0 saturated carbocycles. The van der Waals surface area contributed by atoms with Gasteiger partial charge in [0.1, 0.15) is 4.91 Å². The second-order valence-electron chi connectivity index (χ2n) is 2.50. The third-order valence-corrected chi connectivity index (χ3v) is 3.13. The van der Waals surface area contributed by atoms with E-state index in [0.29, 0.717) is 0 Å². The van der Waals surface area contributed by atoms with Crippen LogP contribution < -0.4 is 0 Å². The van der Waals surface area contributed by atoms with Crippen molar-refractivity contribution in [2.45, 2.75) is 6.92 Å². The predicted molar refractivity (Wildman–Crippen MR) is 55.1 cm³/mol. The first-order chi connectivity index (χ1) is 5.96. The minimum Gasteiger partial charge on any atom is -0.271 e. The fraction of sp³-hybridized carbons (Fsp3) is 0.375. The van der Waals surface area contributed by atoms with Crippen molar-refractivity contribution in [1.82, 2.24) is 4.31 Å². The Balaban J connectivity index is 5.21. The Kier molecular flexibility index (Phi) is 4.58. The lowest BCUT2D eigenvalue weighted by atomic mass is 10.5. The van der Waals surface area contributed by atoms with Gasteiger partial charge in [-0.25, -0.2) is 12.7 Å². The van der Waals surface area contributed by atoms with Gasteiger partial charge in [0.2, 0.25) is 10.0 Å². The highest BCUT2D eigenvalue weighted by atomic mass is 32.2. The molecule has 0 aromatic heterocycles. The summed E-state index contributed by atoms with van der Waals surface area (Å²) in [5, 5.41) is 0. The maximum Gasteiger partial charge on any atom is 0.244 e. The van der Waals surface area contributed by atoms with E-state index in [1.165, 1.54) is 26.4 Å². The van der Waals surface area contributed by atoms with E-state index in [4.69, 9.17) is 0 Å². The van der Waals surface area contributed by atoms with Gasteiger partial charge >= 0.3 is 0 Å². The Morgan fingerprint density at radius 3 is 2.31 bits per heavy atom. The van der Waals surface area contributed by atoms with Gasteiger partial charge in [-0.1, -0.05) is 6.08 Å². The Bertz CT molecular complexity index is 326. The van der Waals surface area contributed by atoms with Gasteiger partial charge in [0.05, 0.1) is 0 Å². The van der Waals surface area contributed by atoms with Gasteiger partial charge in [0.15, 0.2) is 0 Å². The molecule has 4 nitrogen and oxygen atoms in total. The molecular weight excluding hydrogens is 188 g/mol. The fourth-order valence-electron chi connectivity index (χ4n) is 0.661. The highest BCUT2D eigenvalue weighted by Crippen LogP contribution is 2.11. The van der Waals surface area contributed by atoms with E-state index >= 15 is 0 Å². The number of nitrogens with zero attached hydrogens (tertiary/aromatic N) is 2. The summed E-state index contributed by atoms with van der Waals surface area (Å²) in [4.78, 5) is 3.57. The average Bonchev–Trinajstić information content (AvgIpc) is 2.03. The van der Waals surface area contributed by atoms with Crippen LogP contribution in [0, 0.1) is 0 Å². The molecule has 0 amide bonds. The molecule has 0 aromatic carbocycles. The zero-order valence-corrected chi connectivity index (χ0v) is 8.87. The van der Waals surface area contributed by atoms with E-state index in [-0.39, 0.29) is 4.91 Å². The highest BCUT2D eigenvalue weighted by Gasteiger charge is 2.17. The van der Waals surface area contributed by atoms with E-state index < -0.39 is 10.0 Å². The third-order valence-electron chi connectivity index (χ3n) is 1.33. The van der Waals surface area contributed by atoms with Crippen LogP contribution in [0.25, 0.3) is 0 Å². The van der Waals surface area contributed by atoms with Gasteiger partial charge in [-0.05, 0) is 19.7 Å². The van der Waals surface area contributed by atoms with Crippen LogP contribution in [0.5, 0.6) is 0 Å². The Hall–Kier alpha value is -0.940. The summed E-state index contributed by atoms with van der Waals surface area (Å²) in [5.74, 6) is 0. The van der Waals surface area contributed by atoms with Crippen LogP contribution >= 0.6 is 0 Å². The minimum absolute atomic E-state index is 0.134. The van der Waals surface area contributed by atoms with Gasteiger partial charge in [-0.2, -0.15) is 0 Å². The Morgan fingerprint density at radius 2 is 2.00 bits per heavy atom. The van der Waals surface area contributed by atoms with E-state index in [9.17, 15) is 8.42 Å². The zero-order chi connectivity index (χ0) is 10.5. The highest BCUT2D eigenvalue weighted by molar-refractivity contribution is 7.93. The predicted octanol–water partition coefficient (Wildman–Crippen LogP) is 0.996. The van der Waals surface area contributed by atoms with Crippen LogP contribution in [-0.2, 0) is 10.0 Å². The first-order valence-electron chi connectivity index (χ1n) is 3.68. The molecule has 0 aliphatic carbocycles. The van der Waals surface area contributed by atoms with Crippen LogP contribution in [0.4, 0.5) is 0 Å². The van der Waals surface area contributed by atoms with E-state index in [1.807, 2.05) is 0 Å². The summed E-state index contributed by atoms with van der Waals surface area (Å²) >= 11 is 0. The van der Waals surface area contributed by atoms with Crippen molar-refractivity contribution in [1.29, 1.82) is 0 Å². The number of sulfonamides is 1. The summed E-state index contributed by atoms with van der Waals surface area (Å²) in [6.07, 6.45) is 4.33. The topological polar surface area (TPSA) is 49.7 Å². The quantitative estimate of drug-likeness (QED) is 0.504. The first kappa shape index (κ1) is 12.1. The number of hydrogen-bond donors (Lipinski definition) is 0. The molecule has 0 saturated heterocycles. The molecule has 0 atom stereocenters. The number of allylic oxidation sites excluding steroid dienone is 2. The third kappa shape index (κ3) is 3.12. The summed E-state index contributed by atoms with van der Waals surface area (Å²) in [5.41, 5.74) is 0. The summed E-state index contributed by atoms with van der Waals surface area (Å²) in [7, 11) is -0.453. The Morgan fingerprint density at radius 1 is 1.46 bits per heavy atom. The SMILES string of the molecule is C=N/C=C(\C=C/C)S(=O)(=O)N(C)C. The molecule has 0 radical (unpaired) electrons. The van der Waals surface area contributed by atoms with E-state index in [2.05, 4.69) is 11.7 Å². The summed E-state index contributed by atoms with van der Waals surface area (Å²) in [6.45, 7) is 4.95.